The largest absolute Gasteiger partial charge is 0.497 e. The van der Waals surface area contributed by atoms with Gasteiger partial charge >= 0.3 is 0 Å². The minimum Gasteiger partial charge on any atom is -0.497 e. The maximum atomic E-state index is 5.59. The lowest BCUT2D eigenvalue weighted by Gasteiger charge is -2.15. The molecule has 0 amide bonds. The number of hydrogen-bond acceptors (Lipinski definition) is 5. The summed E-state index contributed by atoms with van der Waals surface area (Å²) in [7, 11) is 1.70. The number of aromatic nitrogens is 2. The highest BCUT2D eigenvalue weighted by Gasteiger charge is 2.28. The molecule has 0 spiro atoms. The van der Waals surface area contributed by atoms with E-state index >= 15 is 0 Å². The van der Waals surface area contributed by atoms with Crippen molar-refractivity contribution in [2.75, 3.05) is 20.2 Å². The molecule has 1 atom stereocenters. The van der Waals surface area contributed by atoms with Crippen LogP contribution in [0.1, 0.15) is 29.4 Å². The van der Waals surface area contributed by atoms with Gasteiger partial charge in [0.05, 0.1) is 13.0 Å². The molecule has 1 aromatic heterocycles. The molecule has 3 aromatic rings. The highest BCUT2D eigenvalue weighted by atomic mass is 16.5. The van der Waals surface area contributed by atoms with Crippen molar-refractivity contribution in [1.82, 2.24) is 15.0 Å². The molecule has 0 N–H and O–H groups in total. The van der Waals surface area contributed by atoms with Gasteiger partial charge in [-0.25, -0.2) is 0 Å². The van der Waals surface area contributed by atoms with Crippen LogP contribution in [-0.2, 0) is 6.54 Å². The average molecular weight is 349 g/mol. The highest BCUT2D eigenvalue weighted by molar-refractivity contribution is 5.59. The normalized spacial score (nSPS) is 17.5. The number of nitrogens with zero attached hydrogens (tertiary/aromatic N) is 3. The Labute approximate surface area is 153 Å². The first-order valence-corrected chi connectivity index (χ1v) is 8.98. The van der Waals surface area contributed by atoms with Crippen LogP contribution in [0.3, 0.4) is 0 Å². The van der Waals surface area contributed by atoms with Crippen LogP contribution in [0.2, 0.25) is 0 Å². The third-order valence-electron chi connectivity index (χ3n) is 4.99. The van der Waals surface area contributed by atoms with E-state index in [1.54, 1.807) is 7.11 Å². The first-order valence-electron chi connectivity index (χ1n) is 8.98. The Balaban J connectivity index is 1.43. The predicted molar refractivity (Wildman–Crippen MR) is 100 cm³/mol. The van der Waals surface area contributed by atoms with Gasteiger partial charge < -0.3 is 9.26 Å². The lowest BCUT2D eigenvalue weighted by molar-refractivity contribution is 0.308. The summed E-state index contributed by atoms with van der Waals surface area (Å²) in [5, 5.41) is 4.20. The van der Waals surface area contributed by atoms with Gasteiger partial charge in [-0.05, 0) is 43.1 Å². The second-order valence-corrected chi connectivity index (χ2v) is 6.84. The van der Waals surface area contributed by atoms with Crippen LogP contribution < -0.4 is 4.74 Å². The fraction of sp³-hybridized carbons (Fsp3) is 0.333. The summed E-state index contributed by atoms with van der Waals surface area (Å²) in [5.41, 5.74) is 3.45. The van der Waals surface area contributed by atoms with Crippen molar-refractivity contribution in [3.8, 4) is 17.1 Å². The molecule has 2 aromatic carbocycles. The van der Waals surface area contributed by atoms with E-state index in [1.807, 2.05) is 30.3 Å². The summed E-state index contributed by atoms with van der Waals surface area (Å²) in [4.78, 5) is 7.10. The Morgan fingerprint density at radius 2 is 2.08 bits per heavy atom. The SMILES string of the molecule is COc1cccc(CN2CC[C@H](c3nc(-c4ccccc4C)no3)C2)c1. The van der Waals surface area contributed by atoms with Crippen LogP contribution in [0.25, 0.3) is 11.4 Å². The predicted octanol–water partition coefficient (Wildman–Crippen LogP) is 4.04. The summed E-state index contributed by atoms with van der Waals surface area (Å²) < 4.78 is 10.9. The monoisotopic (exact) mass is 349 g/mol. The van der Waals surface area contributed by atoms with E-state index < -0.39 is 0 Å². The van der Waals surface area contributed by atoms with Gasteiger partial charge in [0.25, 0.3) is 0 Å². The van der Waals surface area contributed by atoms with E-state index in [4.69, 9.17) is 9.26 Å². The topological polar surface area (TPSA) is 51.4 Å². The lowest BCUT2D eigenvalue weighted by Crippen LogP contribution is -2.19. The smallest absolute Gasteiger partial charge is 0.231 e. The molecule has 2 heterocycles. The van der Waals surface area contributed by atoms with Crippen LogP contribution in [0.4, 0.5) is 0 Å². The zero-order chi connectivity index (χ0) is 17.9. The molecule has 5 nitrogen and oxygen atoms in total. The van der Waals surface area contributed by atoms with E-state index in [-0.39, 0.29) is 0 Å². The van der Waals surface area contributed by atoms with Crippen molar-refractivity contribution in [1.29, 1.82) is 0 Å². The van der Waals surface area contributed by atoms with Gasteiger partial charge in [0.1, 0.15) is 5.75 Å². The molecule has 0 bridgehead atoms. The first kappa shape index (κ1) is 16.8. The molecule has 5 heteroatoms. The zero-order valence-corrected chi connectivity index (χ0v) is 15.2. The number of hydrogen-bond donors (Lipinski definition) is 0. The van der Waals surface area contributed by atoms with Crippen LogP contribution in [0.5, 0.6) is 5.75 Å². The minimum atomic E-state index is 0.297. The highest BCUT2D eigenvalue weighted by Crippen LogP contribution is 2.29. The molecule has 1 aliphatic heterocycles. The molecular weight excluding hydrogens is 326 g/mol. The minimum absolute atomic E-state index is 0.297. The molecule has 4 rings (SSSR count). The first-order chi connectivity index (χ1) is 12.7. The van der Waals surface area contributed by atoms with E-state index in [0.29, 0.717) is 11.7 Å². The summed E-state index contributed by atoms with van der Waals surface area (Å²) in [6.45, 7) is 4.94. The van der Waals surface area contributed by atoms with Gasteiger partial charge in [-0.2, -0.15) is 4.98 Å². The van der Waals surface area contributed by atoms with Crippen molar-refractivity contribution in [3.05, 3.63) is 65.5 Å². The second kappa shape index (κ2) is 7.30. The van der Waals surface area contributed by atoms with Crippen LogP contribution >= 0.6 is 0 Å². The van der Waals surface area contributed by atoms with E-state index in [9.17, 15) is 0 Å². The van der Waals surface area contributed by atoms with Crippen molar-refractivity contribution >= 4 is 0 Å². The molecule has 1 saturated heterocycles. The van der Waals surface area contributed by atoms with Crippen LogP contribution in [0.15, 0.2) is 53.1 Å². The number of rotatable bonds is 5. The number of benzene rings is 2. The Morgan fingerprint density at radius 1 is 1.19 bits per heavy atom. The van der Waals surface area contributed by atoms with E-state index in [2.05, 4.69) is 40.2 Å². The summed E-state index contributed by atoms with van der Waals surface area (Å²) >= 11 is 0. The third kappa shape index (κ3) is 3.48. The third-order valence-corrected chi connectivity index (χ3v) is 4.99. The maximum absolute atomic E-state index is 5.59. The molecule has 26 heavy (non-hydrogen) atoms. The van der Waals surface area contributed by atoms with Gasteiger partial charge in [0, 0.05) is 18.7 Å². The van der Waals surface area contributed by atoms with Gasteiger partial charge in [0.15, 0.2) is 0 Å². The quantitative estimate of drug-likeness (QED) is 0.696. The zero-order valence-electron chi connectivity index (χ0n) is 15.2. The lowest BCUT2D eigenvalue weighted by atomic mass is 10.1. The Bertz CT molecular complexity index is 890. The van der Waals surface area contributed by atoms with Crippen LogP contribution in [-0.4, -0.2) is 35.2 Å². The molecular formula is C21H23N3O2. The van der Waals surface area contributed by atoms with Gasteiger partial charge in [-0.3, -0.25) is 4.90 Å². The Kier molecular flexibility index (Phi) is 4.71. The fourth-order valence-electron chi connectivity index (χ4n) is 3.54. The van der Waals surface area contributed by atoms with Crippen molar-refractivity contribution < 1.29 is 9.26 Å². The van der Waals surface area contributed by atoms with Crippen LogP contribution in [0, 0.1) is 6.92 Å². The number of ether oxygens (including phenoxy) is 1. The van der Waals surface area contributed by atoms with E-state index in [0.717, 1.165) is 48.8 Å². The average Bonchev–Trinajstić information content (AvgIpc) is 3.32. The number of aryl methyl sites for hydroxylation is 1. The van der Waals surface area contributed by atoms with E-state index in [1.165, 1.54) is 5.56 Å². The molecule has 1 fully saturated rings. The maximum Gasteiger partial charge on any atom is 0.231 e. The molecule has 0 radical (unpaired) electrons. The standard InChI is InChI=1S/C21H23N3O2/c1-15-6-3-4-9-19(15)20-22-21(26-23-20)17-10-11-24(14-17)13-16-7-5-8-18(12-16)25-2/h3-9,12,17H,10-11,13-14H2,1-2H3/t17-/m0/s1. The Hall–Kier alpha value is -2.66. The molecule has 1 aliphatic rings. The second-order valence-electron chi connectivity index (χ2n) is 6.84. The molecule has 134 valence electrons. The molecule has 0 saturated carbocycles. The van der Waals surface area contributed by atoms with Crippen molar-refractivity contribution in [2.24, 2.45) is 0 Å². The van der Waals surface area contributed by atoms with Crippen molar-refractivity contribution in [2.45, 2.75) is 25.8 Å². The number of methoxy groups -OCH3 is 1. The van der Waals surface area contributed by atoms with Gasteiger partial charge in [0.2, 0.25) is 11.7 Å². The summed E-state index contributed by atoms with van der Waals surface area (Å²) in [6, 6.07) is 16.4. The molecule has 0 aliphatic carbocycles. The Morgan fingerprint density at radius 3 is 2.92 bits per heavy atom. The fourth-order valence-corrected chi connectivity index (χ4v) is 3.54. The van der Waals surface area contributed by atoms with Gasteiger partial charge in [-0.1, -0.05) is 41.6 Å². The molecule has 0 unspecified atom stereocenters. The summed E-state index contributed by atoms with van der Waals surface area (Å²) in [6.07, 6.45) is 1.04. The summed E-state index contributed by atoms with van der Waals surface area (Å²) in [5.74, 6) is 2.63. The van der Waals surface area contributed by atoms with Gasteiger partial charge in [-0.15, -0.1) is 0 Å². The number of likely N-dealkylation sites (tertiary alicyclic amines) is 1. The van der Waals surface area contributed by atoms with Crippen molar-refractivity contribution in [3.63, 3.8) is 0 Å².